The highest BCUT2D eigenvalue weighted by Gasteiger charge is 2.25. The van der Waals surface area contributed by atoms with Gasteiger partial charge in [-0.05, 0) is 43.9 Å². The number of benzene rings is 1. The Kier molecular flexibility index (Phi) is 5.00. The van der Waals surface area contributed by atoms with Gasteiger partial charge >= 0.3 is 0 Å². The van der Waals surface area contributed by atoms with E-state index >= 15 is 0 Å². The summed E-state index contributed by atoms with van der Waals surface area (Å²) in [5.74, 6) is 0.681. The van der Waals surface area contributed by atoms with Gasteiger partial charge in [-0.15, -0.1) is 0 Å². The first-order valence-electron chi connectivity index (χ1n) is 7.56. The van der Waals surface area contributed by atoms with Gasteiger partial charge in [0.2, 0.25) is 0 Å². The first kappa shape index (κ1) is 14.5. The van der Waals surface area contributed by atoms with E-state index in [1.54, 1.807) is 0 Å². The molecule has 1 atom stereocenters. The molecule has 1 saturated carbocycles. The molecule has 0 spiro atoms. The summed E-state index contributed by atoms with van der Waals surface area (Å²) in [6.45, 7) is 9.02. The Hall–Kier alpha value is -0.860. The van der Waals surface area contributed by atoms with Crippen molar-refractivity contribution in [1.29, 1.82) is 0 Å². The van der Waals surface area contributed by atoms with Crippen molar-refractivity contribution < 1.29 is 0 Å². The van der Waals surface area contributed by atoms with E-state index in [2.05, 4.69) is 62.3 Å². The molecule has 0 saturated heterocycles. The Morgan fingerprint density at radius 1 is 1.26 bits per heavy atom. The zero-order valence-electron chi connectivity index (χ0n) is 12.8. The zero-order valence-corrected chi connectivity index (χ0v) is 12.8. The summed E-state index contributed by atoms with van der Waals surface area (Å²) in [5, 5.41) is 3.68. The maximum Gasteiger partial charge on any atom is 0.0244 e. The van der Waals surface area contributed by atoms with Crippen molar-refractivity contribution in [2.75, 3.05) is 13.6 Å². The van der Waals surface area contributed by atoms with E-state index in [0.29, 0.717) is 12.0 Å². The quantitative estimate of drug-likeness (QED) is 0.810. The van der Waals surface area contributed by atoms with Gasteiger partial charge in [-0.1, -0.05) is 38.1 Å². The predicted molar refractivity (Wildman–Crippen MR) is 82.3 cm³/mol. The molecular formula is C17H28N2. The molecule has 0 amide bonds. The SMILES string of the molecule is Cc1ccccc1CN(C)C(CNC1CC1)C(C)C. The maximum absolute atomic E-state index is 3.68. The van der Waals surface area contributed by atoms with E-state index in [0.717, 1.165) is 19.1 Å². The van der Waals surface area contributed by atoms with Gasteiger partial charge in [0.1, 0.15) is 0 Å². The highest BCUT2D eigenvalue weighted by atomic mass is 15.2. The van der Waals surface area contributed by atoms with Gasteiger partial charge in [0.25, 0.3) is 0 Å². The van der Waals surface area contributed by atoms with Gasteiger partial charge in [-0.3, -0.25) is 4.90 Å². The number of likely N-dealkylation sites (N-methyl/N-ethyl adjacent to an activating group) is 1. The number of nitrogens with zero attached hydrogens (tertiary/aromatic N) is 1. The average molecular weight is 260 g/mol. The monoisotopic (exact) mass is 260 g/mol. The van der Waals surface area contributed by atoms with E-state index in [1.807, 2.05) is 0 Å². The van der Waals surface area contributed by atoms with Crippen molar-refractivity contribution in [2.45, 2.75) is 52.2 Å². The molecule has 106 valence electrons. The van der Waals surface area contributed by atoms with Crippen LogP contribution in [0.2, 0.25) is 0 Å². The molecule has 1 aromatic rings. The van der Waals surface area contributed by atoms with E-state index in [4.69, 9.17) is 0 Å². The van der Waals surface area contributed by atoms with Crippen molar-refractivity contribution in [3.8, 4) is 0 Å². The van der Waals surface area contributed by atoms with E-state index in [1.165, 1.54) is 24.0 Å². The number of hydrogen-bond donors (Lipinski definition) is 1. The lowest BCUT2D eigenvalue weighted by Gasteiger charge is -2.32. The Balaban J connectivity index is 1.94. The highest BCUT2D eigenvalue weighted by molar-refractivity contribution is 5.25. The van der Waals surface area contributed by atoms with Crippen LogP contribution in [0.15, 0.2) is 24.3 Å². The number of nitrogens with one attached hydrogen (secondary N) is 1. The van der Waals surface area contributed by atoms with Crippen molar-refractivity contribution in [3.63, 3.8) is 0 Å². The minimum absolute atomic E-state index is 0.611. The molecule has 1 fully saturated rings. The molecule has 1 aliphatic carbocycles. The van der Waals surface area contributed by atoms with Gasteiger partial charge in [-0.25, -0.2) is 0 Å². The van der Waals surface area contributed by atoms with E-state index < -0.39 is 0 Å². The van der Waals surface area contributed by atoms with E-state index in [9.17, 15) is 0 Å². The molecule has 0 aliphatic heterocycles. The van der Waals surface area contributed by atoms with Crippen molar-refractivity contribution in [1.82, 2.24) is 10.2 Å². The van der Waals surface area contributed by atoms with Gasteiger partial charge < -0.3 is 5.32 Å². The molecule has 1 N–H and O–H groups in total. The lowest BCUT2D eigenvalue weighted by Crippen LogP contribution is -2.43. The lowest BCUT2D eigenvalue weighted by atomic mass is 10.0. The van der Waals surface area contributed by atoms with Crippen molar-refractivity contribution >= 4 is 0 Å². The van der Waals surface area contributed by atoms with Crippen LogP contribution >= 0.6 is 0 Å². The van der Waals surface area contributed by atoms with Crippen molar-refractivity contribution in [3.05, 3.63) is 35.4 Å². The third-order valence-corrected chi connectivity index (χ3v) is 4.21. The normalized spacial score (nSPS) is 17.2. The molecule has 0 bridgehead atoms. The van der Waals surface area contributed by atoms with Gasteiger partial charge in [0.05, 0.1) is 0 Å². The second kappa shape index (κ2) is 6.53. The minimum Gasteiger partial charge on any atom is -0.312 e. The van der Waals surface area contributed by atoms with Crippen LogP contribution in [0.25, 0.3) is 0 Å². The fraction of sp³-hybridized carbons (Fsp3) is 0.647. The molecule has 2 nitrogen and oxygen atoms in total. The summed E-state index contributed by atoms with van der Waals surface area (Å²) >= 11 is 0. The van der Waals surface area contributed by atoms with Gasteiger partial charge in [0, 0.05) is 25.2 Å². The number of hydrogen-bond acceptors (Lipinski definition) is 2. The summed E-state index contributed by atoms with van der Waals surface area (Å²) in [7, 11) is 2.26. The third kappa shape index (κ3) is 4.32. The van der Waals surface area contributed by atoms with Crippen LogP contribution in [0.5, 0.6) is 0 Å². The molecule has 0 radical (unpaired) electrons. The Morgan fingerprint density at radius 3 is 2.53 bits per heavy atom. The van der Waals surface area contributed by atoms with Crippen LogP contribution in [0, 0.1) is 12.8 Å². The summed E-state index contributed by atoms with van der Waals surface area (Å²) < 4.78 is 0. The van der Waals surface area contributed by atoms with Crippen LogP contribution in [0.1, 0.15) is 37.8 Å². The van der Waals surface area contributed by atoms with Crippen molar-refractivity contribution in [2.24, 2.45) is 5.92 Å². The highest BCUT2D eigenvalue weighted by Crippen LogP contribution is 2.20. The average Bonchev–Trinajstić information content (AvgIpc) is 3.16. The van der Waals surface area contributed by atoms with Crippen LogP contribution < -0.4 is 5.32 Å². The molecular weight excluding hydrogens is 232 g/mol. The molecule has 19 heavy (non-hydrogen) atoms. The summed E-state index contributed by atoms with van der Waals surface area (Å²) in [5.41, 5.74) is 2.84. The second-order valence-electron chi connectivity index (χ2n) is 6.34. The van der Waals surface area contributed by atoms with Crippen LogP contribution in [0.3, 0.4) is 0 Å². The Labute approximate surface area is 118 Å². The maximum atomic E-state index is 3.68. The fourth-order valence-corrected chi connectivity index (χ4v) is 2.65. The molecule has 0 heterocycles. The molecule has 1 unspecified atom stereocenters. The molecule has 1 aliphatic rings. The van der Waals surface area contributed by atoms with Gasteiger partial charge in [-0.2, -0.15) is 0 Å². The Morgan fingerprint density at radius 2 is 1.95 bits per heavy atom. The second-order valence-corrected chi connectivity index (χ2v) is 6.34. The van der Waals surface area contributed by atoms with Crippen LogP contribution in [-0.2, 0) is 6.54 Å². The molecule has 2 rings (SSSR count). The first-order chi connectivity index (χ1) is 9.08. The minimum atomic E-state index is 0.611. The standard InChI is InChI=1S/C17H28N2/c1-13(2)17(11-18-16-9-10-16)19(4)12-15-8-6-5-7-14(15)3/h5-8,13,16-18H,9-12H2,1-4H3. The first-order valence-corrected chi connectivity index (χ1v) is 7.56. The van der Waals surface area contributed by atoms with Crippen LogP contribution in [-0.4, -0.2) is 30.6 Å². The predicted octanol–water partition coefficient (Wildman–Crippen LogP) is 3.20. The van der Waals surface area contributed by atoms with E-state index in [-0.39, 0.29) is 0 Å². The van der Waals surface area contributed by atoms with Crippen LogP contribution in [0.4, 0.5) is 0 Å². The Bertz CT molecular complexity index is 396. The lowest BCUT2D eigenvalue weighted by molar-refractivity contribution is 0.179. The summed E-state index contributed by atoms with van der Waals surface area (Å²) in [6.07, 6.45) is 2.73. The number of aryl methyl sites for hydroxylation is 1. The molecule has 1 aromatic carbocycles. The largest absolute Gasteiger partial charge is 0.312 e. The summed E-state index contributed by atoms with van der Waals surface area (Å²) in [4.78, 5) is 2.50. The van der Waals surface area contributed by atoms with Gasteiger partial charge in [0.15, 0.2) is 0 Å². The third-order valence-electron chi connectivity index (χ3n) is 4.21. The molecule has 2 heteroatoms. The summed E-state index contributed by atoms with van der Waals surface area (Å²) in [6, 6.07) is 10.1. The number of rotatable bonds is 7. The molecule has 0 aromatic heterocycles. The smallest absolute Gasteiger partial charge is 0.0244 e. The fourth-order valence-electron chi connectivity index (χ4n) is 2.65. The zero-order chi connectivity index (χ0) is 13.8. The topological polar surface area (TPSA) is 15.3 Å².